The first-order valence-corrected chi connectivity index (χ1v) is 8.37. The molecular formula is C17H26N2OS. The van der Waals surface area contributed by atoms with Gasteiger partial charge in [-0.15, -0.1) is 11.3 Å². The Balaban J connectivity index is 2.10. The van der Waals surface area contributed by atoms with Gasteiger partial charge in [0.05, 0.1) is 12.7 Å². The monoisotopic (exact) mass is 306 g/mol. The Morgan fingerprint density at radius 2 is 2.05 bits per heavy atom. The molecule has 3 nitrogen and oxygen atoms in total. The van der Waals surface area contributed by atoms with Crippen molar-refractivity contribution >= 4 is 21.4 Å². The minimum absolute atomic E-state index is 0.306. The van der Waals surface area contributed by atoms with Crippen LogP contribution >= 0.6 is 11.3 Å². The summed E-state index contributed by atoms with van der Waals surface area (Å²) in [4.78, 5) is 3.78. The van der Waals surface area contributed by atoms with Crippen molar-refractivity contribution in [2.24, 2.45) is 0 Å². The number of ether oxygens (including phenoxy) is 1. The number of nitrogens with zero attached hydrogens (tertiary/aromatic N) is 1. The van der Waals surface area contributed by atoms with E-state index in [0.29, 0.717) is 6.10 Å². The van der Waals surface area contributed by atoms with Crippen LogP contribution in [0.2, 0.25) is 0 Å². The van der Waals surface area contributed by atoms with Gasteiger partial charge in [-0.3, -0.25) is 4.90 Å². The van der Waals surface area contributed by atoms with Crippen LogP contribution in [0, 0.1) is 0 Å². The first kappa shape index (κ1) is 16.4. The van der Waals surface area contributed by atoms with Crippen molar-refractivity contribution in [1.29, 1.82) is 0 Å². The number of hydrogen-bond acceptors (Lipinski definition) is 4. The molecule has 21 heavy (non-hydrogen) atoms. The summed E-state index contributed by atoms with van der Waals surface area (Å²) in [6, 6.07) is 8.69. The molecule has 0 aliphatic heterocycles. The summed E-state index contributed by atoms with van der Waals surface area (Å²) in [5.41, 5.74) is 1.46. The Morgan fingerprint density at radius 1 is 1.29 bits per heavy atom. The van der Waals surface area contributed by atoms with Crippen molar-refractivity contribution in [3.8, 4) is 0 Å². The van der Waals surface area contributed by atoms with Gasteiger partial charge in [0.15, 0.2) is 0 Å². The Bertz CT molecular complexity index is 565. The molecular weight excluding hydrogens is 280 g/mol. The van der Waals surface area contributed by atoms with E-state index in [0.717, 1.165) is 26.2 Å². The summed E-state index contributed by atoms with van der Waals surface area (Å²) in [6.07, 6.45) is 0.306. The van der Waals surface area contributed by atoms with Crippen molar-refractivity contribution in [2.75, 3.05) is 27.2 Å². The van der Waals surface area contributed by atoms with E-state index < -0.39 is 0 Å². The minimum atomic E-state index is 0.306. The van der Waals surface area contributed by atoms with Gasteiger partial charge in [0.2, 0.25) is 0 Å². The van der Waals surface area contributed by atoms with Crippen molar-refractivity contribution in [3.05, 3.63) is 34.7 Å². The van der Waals surface area contributed by atoms with Gasteiger partial charge in [-0.1, -0.05) is 18.2 Å². The summed E-state index contributed by atoms with van der Waals surface area (Å²) >= 11 is 1.90. The Labute approximate surface area is 131 Å². The second kappa shape index (κ2) is 7.90. The molecule has 1 aromatic heterocycles. The molecule has 0 unspecified atom stereocenters. The number of rotatable bonds is 8. The first-order chi connectivity index (χ1) is 10.1. The van der Waals surface area contributed by atoms with Gasteiger partial charge in [-0.25, -0.2) is 0 Å². The van der Waals surface area contributed by atoms with Gasteiger partial charge in [0, 0.05) is 29.2 Å². The predicted molar refractivity (Wildman–Crippen MR) is 92.0 cm³/mol. The third-order valence-electron chi connectivity index (χ3n) is 3.47. The van der Waals surface area contributed by atoms with Crippen LogP contribution < -0.4 is 5.32 Å². The molecule has 0 radical (unpaired) electrons. The lowest BCUT2D eigenvalue weighted by molar-refractivity contribution is 0.0627. The predicted octanol–water partition coefficient (Wildman–Crippen LogP) is 3.48. The number of fused-ring (bicyclic) bond motifs is 1. The number of benzene rings is 1. The van der Waals surface area contributed by atoms with Gasteiger partial charge in [0.25, 0.3) is 0 Å². The lowest BCUT2D eigenvalue weighted by atomic mass is 10.1. The molecule has 2 rings (SSSR count). The van der Waals surface area contributed by atoms with E-state index in [1.54, 1.807) is 0 Å². The largest absolute Gasteiger partial charge is 0.377 e. The Morgan fingerprint density at radius 3 is 2.76 bits per heavy atom. The van der Waals surface area contributed by atoms with E-state index in [1.807, 2.05) is 18.4 Å². The maximum absolute atomic E-state index is 5.65. The molecule has 0 aliphatic rings. The second-order valence-corrected chi connectivity index (χ2v) is 6.82. The molecule has 2 aromatic rings. The minimum Gasteiger partial charge on any atom is -0.377 e. The van der Waals surface area contributed by atoms with Crippen LogP contribution in [0.4, 0.5) is 0 Å². The molecule has 0 saturated heterocycles. The molecule has 0 amide bonds. The highest BCUT2D eigenvalue weighted by molar-refractivity contribution is 7.19. The van der Waals surface area contributed by atoms with E-state index in [2.05, 4.69) is 55.4 Å². The third kappa shape index (κ3) is 4.51. The van der Waals surface area contributed by atoms with Crippen LogP contribution in [0.3, 0.4) is 0 Å². The summed E-state index contributed by atoms with van der Waals surface area (Å²) < 4.78 is 7.02. The fraction of sp³-hybridized carbons (Fsp3) is 0.529. The average Bonchev–Trinajstić information content (AvgIpc) is 2.77. The van der Waals surface area contributed by atoms with Crippen molar-refractivity contribution < 1.29 is 4.74 Å². The summed E-state index contributed by atoms with van der Waals surface area (Å²) in [6.45, 7) is 7.82. The van der Waals surface area contributed by atoms with Gasteiger partial charge >= 0.3 is 0 Å². The summed E-state index contributed by atoms with van der Waals surface area (Å²) in [5, 5.41) is 4.68. The molecule has 0 saturated carbocycles. The third-order valence-corrected chi connectivity index (χ3v) is 4.68. The number of thiophene rings is 1. The molecule has 0 spiro atoms. The lowest BCUT2D eigenvalue weighted by Gasteiger charge is -2.18. The van der Waals surface area contributed by atoms with Gasteiger partial charge in [-0.2, -0.15) is 0 Å². The maximum Gasteiger partial charge on any atom is 0.0596 e. The summed E-state index contributed by atoms with van der Waals surface area (Å²) in [5.74, 6) is 0. The van der Waals surface area contributed by atoms with Crippen LogP contribution in [0.25, 0.3) is 10.1 Å². The molecule has 1 heterocycles. The van der Waals surface area contributed by atoms with Crippen LogP contribution in [0.1, 0.15) is 24.3 Å². The van der Waals surface area contributed by atoms with Crippen LogP contribution in [0.15, 0.2) is 24.3 Å². The zero-order valence-corrected chi connectivity index (χ0v) is 14.3. The average molecular weight is 306 g/mol. The Hall–Kier alpha value is -0.940. The lowest BCUT2D eigenvalue weighted by Crippen LogP contribution is -2.24. The van der Waals surface area contributed by atoms with E-state index in [4.69, 9.17) is 4.74 Å². The first-order valence-electron chi connectivity index (χ1n) is 7.56. The van der Waals surface area contributed by atoms with Crippen molar-refractivity contribution in [3.63, 3.8) is 0 Å². The standard InChI is InChI=1S/C17H26N2OS/c1-13(2)20-10-9-19(4)12-15-14-7-5-6-8-16(14)21-17(15)11-18-3/h5-8,13,18H,9-12H2,1-4H3. The molecule has 4 heteroatoms. The van der Waals surface area contributed by atoms with Gasteiger partial charge < -0.3 is 10.1 Å². The number of hydrogen-bond donors (Lipinski definition) is 1. The van der Waals surface area contributed by atoms with Crippen LogP contribution in [-0.2, 0) is 17.8 Å². The van der Waals surface area contributed by atoms with Crippen LogP contribution in [0.5, 0.6) is 0 Å². The zero-order chi connectivity index (χ0) is 15.2. The van der Waals surface area contributed by atoms with E-state index in [9.17, 15) is 0 Å². The van der Waals surface area contributed by atoms with Crippen molar-refractivity contribution in [2.45, 2.75) is 33.0 Å². The maximum atomic E-state index is 5.65. The molecule has 1 aromatic carbocycles. The highest BCUT2D eigenvalue weighted by atomic mass is 32.1. The number of likely N-dealkylation sites (N-methyl/N-ethyl adjacent to an activating group) is 1. The smallest absolute Gasteiger partial charge is 0.0596 e. The molecule has 0 bridgehead atoms. The molecule has 0 atom stereocenters. The second-order valence-electron chi connectivity index (χ2n) is 5.69. The highest BCUT2D eigenvalue weighted by Gasteiger charge is 2.13. The van der Waals surface area contributed by atoms with Gasteiger partial charge in [0.1, 0.15) is 0 Å². The summed E-state index contributed by atoms with van der Waals surface area (Å²) in [7, 11) is 4.17. The molecule has 116 valence electrons. The van der Waals surface area contributed by atoms with E-state index in [-0.39, 0.29) is 0 Å². The Kier molecular flexibility index (Phi) is 6.18. The highest BCUT2D eigenvalue weighted by Crippen LogP contribution is 2.32. The van der Waals surface area contributed by atoms with Crippen molar-refractivity contribution in [1.82, 2.24) is 10.2 Å². The molecule has 1 N–H and O–H groups in total. The fourth-order valence-corrected chi connectivity index (χ4v) is 3.65. The number of nitrogens with one attached hydrogen (secondary N) is 1. The van der Waals surface area contributed by atoms with E-state index in [1.165, 1.54) is 20.5 Å². The SMILES string of the molecule is CNCc1sc2ccccc2c1CN(C)CCOC(C)C. The van der Waals surface area contributed by atoms with Crippen LogP contribution in [-0.4, -0.2) is 38.3 Å². The normalized spacial score (nSPS) is 11.9. The zero-order valence-electron chi connectivity index (χ0n) is 13.5. The molecule has 0 fully saturated rings. The van der Waals surface area contributed by atoms with E-state index >= 15 is 0 Å². The quantitative estimate of drug-likeness (QED) is 0.808. The van der Waals surface area contributed by atoms with Gasteiger partial charge in [-0.05, 0) is 45.0 Å². The molecule has 0 aliphatic carbocycles. The topological polar surface area (TPSA) is 24.5 Å². The fourth-order valence-electron chi connectivity index (χ4n) is 2.42.